The molecular formula is C9H16Se. The Kier molecular flexibility index (Phi) is 7.11. The van der Waals surface area contributed by atoms with E-state index >= 15 is 0 Å². The predicted molar refractivity (Wildman–Crippen MR) is 49.4 cm³/mol. The Labute approximate surface area is 70.6 Å². The van der Waals surface area contributed by atoms with Crippen LogP contribution in [0.25, 0.3) is 0 Å². The van der Waals surface area contributed by atoms with Crippen molar-refractivity contribution in [3.8, 4) is 0 Å². The number of rotatable bonds is 5. The van der Waals surface area contributed by atoms with Crippen molar-refractivity contribution < 1.29 is 0 Å². The van der Waals surface area contributed by atoms with Gasteiger partial charge >= 0.3 is 70.2 Å². The summed E-state index contributed by atoms with van der Waals surface area (Å²) in [6.45, 7) is 8.06. The molecule has 0 saturated heterocycles. The number of hydrogen-bond donors (Lipinski definition) is 0. The van der Waals surface area contributed by atoms with Gasteiger partial charge in [-0.2, -0.15) is 0 Å². The van der Waals surface area contributed by atoms with Crippen LogP contribution in [-0.4, -0.2) is 15.0 Å². The molecular weight excluding hydrogens is 187 g/mol. The summed E-state index contributed by atoms with van der Waals surface area (Å²) in [4.78, 5) is 2.27. The van der Waals surface area contributed by atoms with E-state index in [0.29, 0.717) is 0 Å². The minimum atomic E-state index is 0.717. The maximum absolute atomic E-state index is 3.80. The monoisotopic (exact) mass is 204 g/mol. The van der Waals surface area contributed by atoms with Crippen LogP contribution in [-0.2, 0) is 0 Å². The Morgan fingerprint density at radius 1 is 1.60 bits per heavy atom. The van der Waals surface area contributed by atoms with E-state index in [1.807, 2.05) is 6.92 Å². The van der Waals surface area contributed by atoms with Crippen LogP contribution in [0.2, 0.25) is 5.32 Å². The molecule has 0 aromatic carbocycles. The molecule has 0 aliphatic carbocycles. The van der Waals surface area contributed by atoms with E-state index in [0.717, 1.165) is 15.0 Å². The number of unbranched alkanes of at least 4 members (excludes halogenated alkanes) is 1. The van der Waals surface area contributed by atoms with Gasteiger partial charge in [0.25, 0.3) is 0 Å². The third-order valence-corrected chi connectivity index (χ3v) is 2.85. The summed E-state index contributed by atoms with van der Waals surface area (Å²) in [5.41, 5.74) is 1.17. The van der Waals surface area contributed by atoms with E-state index in [2.05, 4.69) is 24.6 Å². The van der Waals surface area contributed by atoms with E-state index in [1.54, 1.807) is 0 Å². The van der Waals surface area contributed by atoms with Crippen LogP contribution in [0.3, 0.4) is 0 Å². The molecule has 0 rings (SSSR count). The van der Waals surface area contributed by atoms with Crippen molar-refractivity contribution in [2.75, 3.05) is 0 Å². The third kappa shape index (κ3) is 8.00. The molecule has 10 heavy (non-hydrogen) atoms. The van der Waals surface area contributed by atoms with E-state index in [1.165, 1.54) is 23.7 Å². The molecule has 0 bridgehead atoms. The van der Waals surface area contributed by atoms with Crippen LogP contribution in [0, 0.1) is 0 Å². The van der Waals surface area contributed by atoms with Crippen molar-refractivity contribution in [3.63, 3.8) is 0 Å². The van der Waals surface area contributed by atoms with E-state index < -0.39 is 0 Å². The summed E-state index contributed by atoms with van der Waals surface area (Å²) in [6, 6.07) is 0. The van der Waals surface area contributed by atoms with Gasteiger partial charge in [0.15, 0.2) is 0 Å². The van der Waals surface area contributed by atoms with E-state index in [9.17, 15) is 0 Å². The Hall–Kier alpha value is -0.000519. The standard InChI is InChI=1S/C9H16Se/c1-4-5-7-10-8-6-9(2)3/h6,8H,2,4-5,7H2,1,3H3/b8-6+. The first-order valence-electron chi connectivity index (χ1n) is 3.71. The zero-order valence-electron chi connectivity index (χ0n) is 6.89. The Morgan fingerprint density at radius 2 is 2.30 bits per heavy atom. The van der Waals surface area contributed by atoms with E-state index in [-0.39, 0.29) is 0 Å². The Bertz CT molecular complexity index is 114. The van der Waals surface area contributed by atoms with Crippen molar-refractivity contribution >= 4 is 15.0 Å². The molecule has 0 nitrogen and oxygen atoms in total. The molecule has 0 spiro atoms. The molecule has 0 atom stereocenters. The quantitative estimate of drug-likeness (QED) is 0.366. The molecule has 0 fully saturated rings. The second kappa shape index (κ2) is 7.11. The fourth-order valence-electron chi connectivity index (χ4n) is 0.460. The molecule has 0 aliphatic rings. The van der Waals surface area contributed by atoms with Gasteiger partial charge in [0, 0.05) is 0 Å². The van der Waals surface area contributed by atoms with Crippen LogP contribution < -0.4 is 0 Å². The molecule has 0 aliphatic heterocycles. The predicted octanol–water partition coefficient (Wildman–Crippen LogP) is 3.00. The molecule has 0 saturated carbocycles. The topological polar surface area (TPSA) is 0 Å². The first kappa shape index (κ1) is 10.00. The molecule has 0 N–H and O–H groups in total. The van der Waals surface area contributed by atoms with Crippen molar-refractivity contribution in [2.45, 2.75) is 32.0 Å². The fourth-order valence-corrected chi connectivity index (χ4v) is 2.39. The fraction of sp³-hybridized carbons (Fsp3) is 0.556. The molecule has 0 aromatic rings. The van der Waals surface area contributed by atoms with Gasteiger partial charge < -0.3 is 0 Å². The van der Waals surface area contributed by atoms with Crippen molar-refractivity contribution in [3.05, 3.63) is 23.2 Å². The third-order valence-electron chi connectivity index (χ3n) is 1.06. The average molecular weight is 203 g/mol. The summed E-state index contributed by atoms with van der Waals surface area (Å²) in [7, 11) is 0. The van der Waals surface area contributed by atoms with Crippen LogP contribution >= 0.6 is 0 Å². The number of hydrogen-bond acceptors (Lipinski definition) is 0. The summed E-state index contributed by atoms with van der Waals surface area (Å²) in [5, 5.41) is 1.38. The first-order valence-corrected chi connectivity index (χ1v) is 5.91. The summed E-state index contributed by atoms with van der Waals surface area (Å²) in [6.07, 6.45) is 4.82. The Balaban J connectivity index is 3.10. The summed E-state index contributed by atoms with van der Waals surface area (Å²) < 4.78 is 0. The van der Waals surface area contributed by atoms with Crippen LogP contribution in [0.1, 0.15) is 26.7 Å². The maximum atomic E-state index is 3.80. The van der Waals surface area contributed by atoms with Gasteiger partial charge in [-0.1, -0.05) is 0 Å². The van der Waals surface area contributed by atoms with Gasteiger partial charge in [-0.25, -0.2) is 0 Å². The molecule has 0 unspecified atom stereocenters. The molecule has 0 aromatic heterocycles. The normalized spacial score (nSPS) is 10.6. The molecule has 58 valence electrons. The van der Waals surface area contributed by atoms with Gasteiger partial charge in [-0.05, 0) is 0 Å². The van der Waals surface area contributed by atoms with Crippen molar-refractivity contribution in [1.82, 2.24) is 0 Å². The van der Waals surface area contributed by atoms with Gasteiger partial charge in [-0.15, -0.1) is 0 Å². The van der Waals surface area contributed by atoms with Crippen molar-refractivity contribution in [1.29, 1.82) is 0 Å². The van der Waals surface area contributed by atoms with Gasteiger partial charge in [0.05, 0.1) is 0 Å². The second-order valence-corrected chi connectivity index (χ2v) is 4.50. The summed E-state index contributed by atoms with van der Waals surface area (Å²) in [5.74, 6) is 0. The summed E-state index contributed by atoms with van der Waals surface area (Å²) >= 11 is 0.717. The van der Waals surface area contributed by atoms with Crippen molar-refractivity contribution in [2.24, 2.45) is 0 Å². The van der Waals surface area contributed by atoms with E-state index in [4.69, 9.17) is 0 Å². The molecule has 1 heteroatoms. The molecule has 0 heterocycles. The van der Waals surface area contributed by atoms with Gasteiger partial charge in [0.2, 0.25) is 0 Å². The zero-order valence-corrected chi connectivity index (χ0v) is 8.60. The van der Waals surface area contributed by atoms with Crippen LogP contribution in [0.15, 0.2) is 23.2 Å². The number of allylic oxidation sites excluding steroid dienone is 2. The molecule has 0 amide bonds. The minimum absolute atomic E-state index is 0.717. The first-order chi connectivity index (χ1) is 4.77. The van der Waals surface area contributed by atoms with Crippen LogP contribution in [0.4, 0.5) is 0 Å². The van der Waals surface area contributed by atoms with Gasteiger partial charge in [0.1, 0.15) is 0 Å². The SMILES string of the molecule is C=C(C)/C=C/[Se]CCCC. The Morgan fingerprint density at radius 3 is 2.80 bits per heavy atom. The average Bonchev–Trinajstić information content (AvgIpc) is 1.87. The van der Waals surface area contributed by atoms with Gasteiger partial charge in [-0.3, -0.25) is 0 Å². The molecule has 0 radical (unpaired) electrons. The second-order valence-electron chi connectivity index (χ2n) is 2.37. The van der Waals surface area contributed by atoms with Crippen LogP contribution in [0.5, 0.6) is 0 Å². The zero-order chi connectivity index (χ0) is 7.82.